The zero-order valence-corrected chi connectivity index (χ0v) is 15.8. The van der Waals surface area contributed by atoms with Gasteiger partial charge in [0, 0.05) is 27.2 Å². The summed E-state index contributed by atoms with van der Waals surface area (Å²) < 4.78 is 46.4. The van der Waals surface area contributed by atoms with Gasteiger partial charge in [0.1, 0.15) is 5.75 Å². The number of hydrogen-bond acceptors (Lipinski definition) is 3. The van der Waals surface area contributed by atoms with Crippen molar-refractivity contribution in [1.82, 2.24) is 10.6 Å². The van der Waals surface area contributed by atoms with E-state index in [2.05, 4.69) is 15.6 Å². The summed E-state index contributed by atoms with van der Waals surface area (Å²) in [6, 6.07) is 14.4. The van der Waals surface area contributed by atoms with Crippen molar-refractivity contribution in [1.29, 1.82) is 0 Å². The molecule has 152 valence electrons. The lowest BCUT2D eigenvalue weighted by atomic mass is 10.1. The Kier molecular flexibility index (Phi) is 8.13. The number of methoxy groups -OCH3 is 1. The summed E-state index contributed by atoms with van der Waals surface area (Å²) in [7, 11) is 3.33. The highest BCUT2D eigenvalue weighted by Gasteiger charge is 2.28. The second kappa shape index (κ2) is 10.6. The summed E-state index contributed by atoms with van der Waals surface area (Å²) in [6.45, 7) is 0.292. The first-order chi connectivity index (χ1) is 13.4. The summed E-state index contributed by atoms with van der Waals surface area (Å²) in [5, 5.41) is 6.41. The van der Waals surface area contributed by atoms with Crippen molar-refractivity contribution in [2.45, 2.75) is 25.9 Å². The third kappa shape index (κ3) is 7.48. The second-order valence-electron chi connectivity index (χ2n) is 6.03. The summed E-state index contributed by atoms with van der Waals surface area (Å²) >= 11 is 0. The van der Waals surface area contributed by atoms with Gasteiger partial charge in [0.15, 0.2) is 12.6 Å². The zero-order valence-electron chi connectivity index (χ0n) is 15.8. The quantitative estimate of drug-likeness (QED) is 0.529. The molecule has 0 spiro atoms. The van der Waals surface area contributed by atoms with Gasteiger partial charge in [-0.3, -0.25) is 4.99 Å². The largest absolute Gasteiger partial charge is 0.484 e. The maximum atomic E-state index is 12.2. The molecule has 2 aromatic carbocycles. The number of alkyl halides is 3. The molecular formula is C20H24F3N3O2. The molecule has 28 heavy (non-hydrogen) atoms. The van der Waals surface area contributed by atoms with E-state index in [-0.39, 0.29) is 5.75 Å². The molecule has 0 aliphatic heterocycles. The lowest BCUT2D eigenvalue weighted by Gasteiger charge is -2.14. The Hall–Kier alpha value is -2.74. The normalized spacial score (nSPS) is 12.0. The molecule has 0 aliphatic rings. The highest BCUT2D eigenvalue weighted by molar-refractivity contribution is 5.79. The molecule has 0 amide bonds. The van der Waals surface area contributed by atoms with Gasteiger partial charge in [-0.2, -0.15) is 13.2 Å². The SMILES string of the molecule is CN=C(NCc1ccc(OCC(F)(F)F)cc1)NCc1ccccc1COC. The van der Waals surface area contributed by atoms with Crippen LogP contribution in [0.5, 0.6) is 5.75 Å². The average molecular weight is 395 g/mol. The lowest BCUT2D eigenvalue weighted by Crippen LogP contribution is -2.36. The van der Waals surface area contributed by atoms with Crippen LogP contribution in [0.1, 0.15) is 16.7 Å². The molecule has 0 unspecified atom stereocenters. The number of halogens is 3. The number of hydrogen-bond donors (Lipinski definition) is 2. The Morgan fingerprint density at radius 1 is 0.964 bits per heavy atom. The van der Waals surface area contributed by atoms with E-state index in [0.717, 1.165) is 16.7 Å². The number of nitrogens with zero attached hydrogens (tertiary/aromatic N) is 1. The maximum Gasteiger partial charge on any atom is 0.422 e. The number of benzene rings is 2. The third-order valence-electron chi connectivity index (χ3n) is 3.87. The van der Waals surface area contributed by atoms with Gasteiger partial charge in [-0.05, 0) is 28.8 Å². The van der Waals surface area contributed by atoms with E-state index in [1.165, 1.54) is 12.1 Å². The van der Waals surface area contributed by atoms with Crippen molar-refractivity contribution >= 4 is 5.96 Å². The van der Waals surface area contributed by atoms with Gasteiger partial charge < -0.3 is 20.1 Å². The number of rotatable bonds is 8. The molecule has 0 bridgehead atoms. The van der Waals surface area contributed by atoms with E-state index in [4.69, 9.17) is 9.47 Å². The first-order valence-electron chi connectivity index (χ1n) is 8.70. The van der Waals surface area contributed by atoms with Gasteiger partial charge in [-0.1, -0.05) is 36.4 Å². The lowest BCUT2D eigenvalue weighted by molar-refractivity contribution is -0.153. The fourth-order valence-electron chi connectivity index (χ4n) is 2.48. The standard InChI is InChI=1S/C20H24F3N3O2/c1-24-19(26-12-16-5-3-4-6-17(16)13-27-2)25-11-15-7-9-18(10-8-15)28-14-20(21,22)23/h3-10H,11-14H2,1-2H3,(H2,24,25,26). The Balaban J connectivity index is 1.84. The van der Waals surface area contributed by atoms with Gasteiger partial charge in [-0.15, -0.1) is 0 Å². The van der Waals surface area contributed by atoms with Crippen molar-refractivity contribution in [3.05, 3.63) is 65.2 Å². The van der Waals surface area contributed by atoms with Crippen LogP contribution in [-0.2, 0) is 24.4 Å². The van der Waals surface area contributed by atoms with Crippen LogP contribution >= 0.6 is 0 Å². The Bertz CT molecular complexity index is 762. The van der Waals surface area contributed by atoms with Crippen molar-refractivity contribution in [2.75, 3.05) is 20.8 Å². The number of ether oxygens (including phenoxy) is 2. The Morgan fingerprint density at radius 3 is 2.21 bits per heavy atom. The van der Waals surface area contributed by atoms with Crippen LogP contribution in [0.2, 0.25) is 0 Å². The minimum atomic E-state index is -4.35. The van der Waals surface area contributed by atoms with Crippen LogP contribution in [0.25, 0.3) is 0 Å². The van der Waals surface area contributed by atoms with Crippen LogP contribution in [0.15, 0.2) is 53.5 Å². The summed E-state index contributed by atoms with van der Waals surface area (Å²) in [4.78, 5) is 4.18. The number of aliphatic imine (C=N–C) groups is 1. The molecule has 0 aromatic heterocycles. The smallest absolute Gasteiger partial charge is 0.422 e. The first kappa shape index (κ1) is 21.6. The predicted octanol–water partition coefficient (Wildman–Crippen LogP) is 3.64. The zero-order chi connectivity index (χ0) is 20.4. The van der Waals surface area contributed by atoms with Crippen LogP contribution in [0.3, 0.4) is 0 Å². The van der Waals surface area contributed by atoms with Crippen molar-refractivity contribution in [2.24, 2.45) is 4.99 Å². The Morgan fingerprint density at radius 2 is 1.61 bits per heavy atom. The van der Waals surface area contributed by atoms with Crippen LogP contribution in [0, 0.1) is 0 Å². The van der Waals surface area contributed by atoms with Gasteiger partial charge in [-0.25, -0.2) is 0 Å². The minimum Gasteiger partial charge on any atom is -0.484 e. The molecule has 2 rings (SSSR count). The molecule has 0 atom stereocenters. The van der Waals surface area contributed by atoms with E-state index in [0.29, 0.717) is 25.7 Å². The summed E-state index contributed by atoms with van der Waals surface area (Å²) in [5.74, 6) is 0.794. The molecule has 0 aliphatic carbocycles. The Labute approximate surface area is 162 Å². The molecule has 8 heteroatoms. The van der Waals surface area contributed by atoms with Crippen molar-refractivity contribution in [3.8, 4) is 5.75 Å². The monoisotopic (exact) mass is 395 g/mol. The van der Waals surface area contributed by atoms with Crippen LogP contribution < -0.4 is 15.4 Å². The third-order valence-corrected chi connectivity index (χ3v) is 3.87. The minimum absolute atomic E-state index is 0.179. The number of guanidine groups is 1. The van der Waals surface area contributed by atoms with E-state index >= 15 is 0 Å². The topological polar surface area (TPSA) is 54.9 Å². The first-order valence-corrected chi connectivity index (χ1v) is 8.70. The molecule has 0 fully saturated rings. The van der Waals surface area contributed by atoms with Crippen molar-refractivity contribution in [3.63, 3.8) is 0 Å². The predicted molar refractivity (Wildman–Crippen MR) is 102 cm³/mol. The molecule has 0 saturated heterocycles. The molecular weight excluding hydrogens is 371 g/mol. The van der Waals surface area contributed by atoms with E-state index < -0.39 is 12.8 Å². The highest BCUT2D eigenvalue weighted by atomic mass is 19.4. The molecule has 2 N–H and O–H groups in total. The van der Waals surface area contributed by atoms with Crippen LogP contribution in [-0.4, -0.2) is 32.9 Å². The van der Waals surface area contributed by atoms with Gasteiger partial charge in [0.05, 0.1) is 6.61 Å². The molecule has 5 nitrogen and oxygen atoms in total. The van der Waals surface area contributed by atoms with Crippen molar-refractivity contribution < 1.29 is 22.6 Å². The van der Waals surface area contributed by atoms with Gasteiger partial charge >= 0.3 is 6.18 Å². The second-order valence-corrected chi connectivity index (χ2v) is 6.03. The average Bonchev–Trinajstić information content (AvgIpc) is 2.68. The summed E-state index contributed by atoms with van der Waals surface area (Å²) in [6.07, 6.45) is -4.35. The fraction of sp³-hybridized carbons (Fsp3) is 0.350. The van der Waals surface area contributed by atoms with Crippen LogP contribution in [0.4, 0.5) is 13.2 Å². The maximum absolute atomic E-state index is 12.2. The van der Waals surface area contributed by atoms with E-state index in [1.807, 2.05) is 24.3 Å². The van der Waals surface area contributed by atoms with Gasteiger partial charge in [0.25, 0.3) is 0 Å². The van der Waals surface area contributed by atoms with Gasteiger partial charge in [0.2, 0.25) is 0 Å². The van der Waals surface area contributed by atoms with E-state index in [1.54, 1.807) is 26.3 Å². The molecule has 0 saturated carbocycles. The molecule has 0 heterocycles. The highest BCUT2D eigenvalue weighted by Crippen LogP contribution is 2.18. The number of nitrogens with one attached hydrogen (secondary N) is 2. The molecule has 2 aromatic rings. The summed E-state index contributed by atoms with van der Waals surface area (Å²) in [5.41, 5.74) is 3.10. The van der Waals surface area contributed by atoms with E-state index in [9.17, 15) is 13.2 Å². The molecule has 0 radical (unpaired) electrons. The fourth-order valence-corrected chi connectivity index (χ4v) is 2.48.